The molecule has 0 heterocycles. The second kappa shape index (κ2) is 9.55. The quantitative estimate of drug-likeness (QED) is 0.295. The Morgan fingerprint density at radius 3 is 1.61 bits per heavy atom. The van der Waals surface area contributed by atoms with Crippen molar-refractivity contribution in [2.75, 3.05) is 5.32 Å². The van der Waals surface area contributed by atoms with E-state index in [-0.39, 0.29) is 0 Å². The SMILES string of the molecule is Cc1ccccc1NC(c1ccccc1)P(=O)(Oc1ccccc1)Oc1ccccc1. The zero-order valence-corrected chi connectivity index (χ0v) is 18.1. The fourth-order valence-electron chi connectivity index (χ4n) is 3.24. The second-order valence-corrected chi connectivity index (χ2v) is 9.08. The van der Waals surface area contributed by atoms with Crippen LogP contribution in [-0.4, -0.2) is 0 Å². The third-order valence-corrected chi connectivity index (χ3v) is 6.81. The van der Waals surface area contributed by atoms with E-state index in [1.54, 1.807) is 24.3 Å². The summed E-state index contributed by atoms with van der Waals surface area (Å²) in [6, 6.07) is 35.7. The molecule has 0 fully saturated rings. The van der Waals surface area contributed by atoms with E-state index in [1.807, 2.05) is 97.9 Å². The predicted octanol–water partition coefficient (Wildman–Crippen LogP) is 7.46. The lowest BCUT2D eigenvalue weighted by molar-refractivity contribution is 0.376. The first kappa shape index (κ1) is 20.8. The van der Waals surface area contributed by atoms with Crippen molar-refractivity contribution in [2.24, 2.45) is 0 Å². The van der Waals surface area contributed by atoms with Crippen LogP contribution in [0.1, 0.15) is 16.9 Å². The van der Waals surface area contributed by atoms with Gasteiger partial charge >= 0.3 is 7.60 Å². The van der Waals surface area contributed by atoms with Crippen molar-refractivity contribution in [1.29, 1.82) is 0 Å². The highest BCUT2D eigenvalue weighted by molar-refractivity contribution is 7.55. The van der Waals surface area contributed by atoms with E-state index in [2.05, 4.69) is 5.32 Å². The molecule has 0 saturated carbocycles. The van der Waals surface area contributed by atoms with Gasteiger partial charge in [0.2, 0.25) is 0 Å². The molecule has 1 N–H and O–H groups in total. The molecule has 0 amide bonds. The molecule has 156 valence electrons. The van der Waals surface area contributed by atoms with Gasteiger partial charge in [0.25, 0.3) is 0 Å². The van der Waals surface area contributed by atoms with Crippen molar-refractivity contribution >= 4 is 13.3 Å². The van der Waals surface area contributed by atoms with Gasteiger partial charge in [-0.25, -0.2) is 4.57 Å². The molecule has 4 nitrogen and oxygen atoms in total. The Labute approximate surface area is 183 Å². The molecule has 0 aromatic heterocycles. The molecule has 31 heavy (non-hydrogen) atoms. The van der Waals surface area contributed by atoms with E-state index in [9.17, 15) is 4.57 Å². The van der Waals surface area contributed by atoms with E-state index in [4.69, 9.17) is 9.05 Å². The van der Waals surface area contributed by atoms with Gasteiger partial charge < -0.3 is 14.4 Å². The van der Waals surface area contributed by atoms with Crippen LogP contribution in [0.2, 0.25) is 0 Å². The Morgan fingerprint density at radius 1 is 0.645 bits per heavy atom. The van der Waals surface area contributed by atoms with Gasteiger partial charge in [-0.05, 0) is 48.4 Å². The van der Waals surface area contributed by atoms with Gasteiger partial charge in [-0.2, -0.15) is 0 Å². The predicted molar refractivity (Wildman–Crippen MR) is 126 cm³/mol. The average molecular weight is 429 g/mol. The second-order valence-electron chi connectivity index (χ2n) is 7.12. The van der Waals surface area contributed by atoms with Crippen LogP contribution >= 0.6 is 7.60 Å². The van der Waals surface area contributed by atoms with Gasteiger partial charge in [0.1, 0.15) is 11.5 Å². The first-order valence-corrected chi connectivity index (χ1v) is 11.7. The first-order chi connectivity index (χ1) is 15.1. The molecule has 1 unspecified atom stereocenters. The van der Waals surface area contributed by atoms with Gasteiger partial charge in [0, 0.05) is 5.69 Å². The minimum atomic E-state index is -3.79. The third-order valence-electron chi connectivity index (χ3n) is 4.82. The van der Waals surface area contributed by atoms with Gasteiger partial charge in [-0.1, -0.05) is 84.9 Å². The van der Waals surface area contributed by atoms with Crippen LogP contribution in [0.5, 0.6) is 11.5 Å². The van der Waals surface area contributed by atoms with Crippen molar-refractivity contribution in [3.05, 3.63) is 126 Å². The minimum absolute atomic E-state index is 0.481. The summed E-state index contributed by atoms with van der Waals surface area (Å²) in [5.41, 5.74) is 2.71. The van der Waals surface area contributed by atoms with E-state index in [1.165, 1.54) is 0 Å². The molecule has 1 atom stereocenters. The lowest BCUT2D eigenvalue weighted by atomic mass is 10.2. The first-order valence-electron chi connectivity index (χ1n) is 10.1. The molecule has 4 rings (SSSR count). The Balaban J connectivity index is 1.80. The lowest BCUT2D eigenvalue weighted by Gasteiger charge is -2.29. The summed E-state index contributed by atoms with van der Waals surface area (Å²) in [5.74, 6) is 0.235. The molecule has 0 aliphatic rings. The summed E-state index contributed by atoms with van der Waals surface area (Å²) >= 11 is 0. The molecule has 4 aromatic rings. The summed E-state index contributed by atoms with van der Waals surface area (Å²) in [7, 11) is -3.79. The summed E-state index contributed by atoms with van der Waals surface area (Å²) in [4.78, 5) is 0. The summed E-state index contributed by atoms with van der Waals surface area (Å²) in [6.45, 7) is 2.01. The number of hydrogen-bond acceptors (Lipinski definition) is 4. The number of aryl methyl sites for hydroxylation is 1. The zero-order chi connectivity index (χ0) is 21.5. The number of rotatable bonds is 8. The molecule has 5 heteroatoms. The maximum atomic E-state index is 14.5. The van der Waals surface area contributed by atoms with Gasteiger partial charge in [0.15, 0.2) is 5.78 Å². The minimum Gasteiger partial charge on any atom is -0.414 e. The molecule has 4 aromatic carbocycles. The molecule has 0 radical (unpaired) electrons. The van der Waals surface area contributed by atoms with Gasteiger partial charge in [0.05, 0.1) is 0 Å². The Kier molecular flexibility index (Phi) is 6.40. The van der Waals surface area contributed by atoms with Crippen molar-refractivity contribution in [3.63, 3.8) is 0 Å². The molecular formula is C26H24NO3P. The fourth-order valence-corrected chi connectivity index (χ4v) is 5.16. The van der Waals surface area contributed by atoms with E-state index >= 15 is 0 Å². The number of benzene rings is 4. The highest BCUT2D eigenvalue weighted by Gasteiger charge is 2.41. The smallest absolute Gasteiger partial charge is 0.414 e. The molecule has 0 bridgehead atoms. The van der Waals surface area contributed by atoms with Gasteiger partial charge in [-0.3, -0.25) is 0 Å². The zero-order valence-electron chi connectivity index (χ0n) is 17.2. The normalized spacial score (nSPS) is 12.0. The molecule has 0 aliphatic heterocycles. The number of anilines is 1. The standard InChI is InChI=1S/C26H24NO3P/c1-21-13-11-12-20-25(21)27-26(22-14-5-2-6-15-22)31(28,29-23-16-7-3-8-17-23)30-24-18-9-4-10-19-24/h2-20,26-27H,1H3. The van der Waals surface area contributed by atoms with E-state index in [0.29, 0.717) is 11.5 Å². The number of hydrogen-bond donors (Lipinski definition) is 1. The van der Waals surface area contributed by atoms with Crippen LogP contribution < -0.4 is 14.4 Å². The van der Waals surface area contributed by atoms with Crippen molar-refractivity contribution in [1.82, 2.24) is 0 Å². The maximum Gasteiger partial charge on any atom is 0.457 e. The molecule has 0 aliphatic carbocycles. The Morgan fingerprint density at radius 2 is 1.10 bits per heavy atom. The van der Waals surface area contributed by atoms with Crippen LogP contribution in [-0.2, 0) is 4.57 Å². The van der Waals surface area contributed by atoms with Crippen LogP contribution in [0.4, 0.5) is 5.69 Å². The summed E-state index contributed by atoms with van der Waals surface area (Å²) in [5, 5.41) is 3.43. The summed E-state index contributed by atoms with van der Waals surface area (Å²) < 4.78 is 26.7. The highest BCUT2D eigenvalue weighted by atomic mass is 31.2. The van der Waals surface area contributed by atoms with Crippen LogP contribution in [0.3, 0.4) is 0 Å². The highest BCUT2D eigenvalue weighted by Crippen LogP contribution is 2.60. The van der Waals surface area contributed by atoms with Crippen molar-refractivity contribution in [2.45, 2.75) is 12.7 Å². The van der Waals surface area contributed by atoms with Crippen molar-refractivity contribution < 1.29 is 13.6 Å². The summed E-state index contributed by atoms with van der Waals surface area (Å²) in [6.07, 6.45) is 0. The molecule has 0 saturated heterocycles. The Hall–Kier alpha value is -3.49. The Bertz CT molecular complexity index is 1110. The maximum absolute atomic E-state index is 14.5. The van der Waals surface area contributed by atoms with Gasteiger partial charge in [-0.15, -0.1) is 0 Å². The fraction of sp³-hybridized carbons (Fsp3) is 0.0769. The van der Waals surface area contributed by atoms with Crippen molar-refractivity contribution in [3.8, 4) is 11.5 Å². The average Bonchev–Trinajstić information content (AvgIpc) is 2.80. The number of para-hydroxylation sites is 3. The van der Waals surface area contributed by atoms with Crippen LogP contribution in [0.25, 0.3) is 0 Å². The number of nitrogens with one attached hydrogen (secondary N) is 1. The lowest BCUT2D eigenvalue weighted by Crippen LogP contribution is -2.18. The van der Waals surface area contributed by atoms with Crippen LogP contribution in [0, 0.1) is 6.92 Å². The third kappa shape index (κ3) is 5.17. The van der Waals surface area contributed by atoms with E-state index in [0.717, 1.165) is 16.8 Å². The van der Waals surface area contributed by atoms with Crippen LogP contribution in [0.15, 0.2) is 115 Å². The topological polar surface area (TPSA) is 47.6 Å². The monoisotopic (exact) mass is 429 g/mol. The van der Waals surface area contributed by atoms with E-state index < -0.39 is 13.4 Å². The largest absolute Gasteiger partial charge is 0.457 e. The molecule has 0 spiro atoms. The molecular weight excluding hydrogens is 405 g/mol.